The van der Waals surface area contributed by atoms with Crippen molar-refractivity contribution in [2.75, 3.05) is 54.5 Å². The largest absolute Gasteiger partial charge is 0.464 e. The second-order valence-corrected chi connectivity index (χ2v) is 20.4. The van der Waals surface area contributed by atoms with E-state index in [-0.39, 0.29) is 43.0 Å². The van der Waals surface area contributed by atoms with Crippen LogP contribution in [0.4, 0.5) is 4.79 Å². The summed E-state index contributed by atoms with van der Waals surface area (Å²) in [6, 6.07) is 7.85. The van der Waals surface area contributed by atoms with Crippen molar-refractivity contribution >= 4 is 46.1 Å². The number of hydrogen-bond acceptors (Lipinski definition) is 11. The summed E-state index contributed by atoms with van der Waals surface area (Å²) in [7, 11) is 7.44. The summed E-state index contributed by atoms with van der Waals surface area (Å²) < 4.78 is 14.3. The van der Waals surface area contributed by atoms with Gasteiger partial charge in [-0.05, 0) is 95.8 Å². The molecule has 0 spiro atoms. The molecule has 2 fully saturated rings. The minimum atomic E-state index is -1.04. The van der Waals surface area contributed by atoms with E-state index in [1.165, 1.54) is 21.2 Å². The number of methoxy groups -OCH3 is 1. The van der Waals surface area contributed by atoms with Gasteiger partial charge in [-0.2, -0.15) is 0 Å². The number of thiazole rings is 1. The summed E-state index contributed by atoms with van der Waals surface area (Å²) in [6.45, 7) is 14.6. The molecule has 0 aliphatic carbocycles. The topological polar surface area (TPSA) is 154 Å². The number of fused-ring (bicyclic) bond motifs is 6. The predicted octanol–water partition coefficient (Wildman–Crippen LogP) is 6.70. The molecular formula is C49H69N9O6S. The summed E-state index contributed by atoms with van der Waals surface area (Å²) in [4.78, 5) is 72.7. The van der Waals surface area contributed by atoms with Crippen molar-refractivity contribution in [2.45, 2.75) is 123 Å². The number of esters is 1. The summed E-state index contributed by atoms with van der Waals surface area (Å²) in [5, 5.41) is 8.27. The molecule has 16 heteroatoms. The first-order valence-electron chi connectivity index (χ1n) is 23.3. The van der Waals surface area contributed by atoms with E-state index in [0.717, 1.165) is 63.9 Å². The first-order chi connectivity index (χ1) is 31.0. The van der Waals surface area contributed by atoms with Crippen LogP contribution in [0.5, 0.6) is 0 Å². The molecule has 352 valence electrons. The lowest BCUT2D eigenvalue weighted by molar-refractivity contribution is -0.155. The van der Waals surface area contributed by atoms with Crippen LogP contribution in [-0.4, -0.2) is 137 Å². The van der Waals surface area contributed by atoms with Crippen LogP contribution in [0, 0.1) is 11.3 Å². The standard InChI is InChI=1S/C49H69N9O6S/c1-11-57-40-20-19-32-24-35(40)36(44(57)34-17-14-21-50-42(34)31(4)63-10)26-49(5,6)29-64-47(61)37-18-15-23-58(53-37)46(60)38(25-41-51-39(32)28-65-41)52-45(59)43(30(2)3)55(9)48(62)56-22-13-12-16-33(27-56)54(7)8/h14,17,19-21,24,28,30-31,33,37-38,43,53H,11-13,15-16,18,22-23,25-27,29H2,1-10H3,(H,52,59)/t31-,33-,37-,38-,43?/m0/s1. The average molecular weight is 912 g/mol. The number of amides is 4. The van der Waals surface area contributed by atoms with Gasteiger partial charge in [0.15, 0.2) is 0 Å². The Morgan fingerprint density at radius 2 is 1.86 bits per heavy atom. The monoisotopic (exact) mass is 912 g/mol. The van der Waals surface area contributed by atoms with Crippen LogP contribution in [0.3, 0.4) is 0 Å². The Bertz CT molecular complexity index is 2360. The van der Waals surface area contributed by atoms with Gasteiger partial charge in [-0.15, -0.1) is 11.3 Å². The molecule has 0 saturated carbocycles. The number of benzene rings is 1. The van der Waals surface area contributed by atoms with E-state index in [9.17, 15) is 19.2 Å². The van der Waals surface area contributed by atoms with Crippen molar-refractivity contribution in [3.05, 3.63) is 58.2 Å². The minimum Gasteiger partial charge on any atom is -0.464 e. The second-order valence-electron chi connectivity index (χ2n) is 19.4. The van der Waals surface area contributed by atoms with Gasteiger partial charge in [0.25, 0.3) is 5.91 Å². The van der Waals surface area contributed by atoms with Crippen LogP contribution in [0.1, 0.15) is 96.0 Å². The van der Waals surface area contributed by atoms with Crippen LogP contribution >= 0.6 is 11.3 Å². The Hall–Kier alpha value is -4.90. The van der Waals surface area contributed by atoms with Gasteiger partial charge < -0.3 is 34.1 Å². The number of nitrogens with one attached hydrogen (secondary N) is 2. The molecule has 4 aromatic rings. The summed E-state index contributed by atoms with van der Waals surface area (Å²) in [6.07, 6.45) is 6.23. The molecular weight excluding hydrogens is 843 g/mol. The van der Waals surface area contributed by atoms with Crippen molar-refractivity contribution in [3.8, 4) is 22.5 Å². The van der Waals surface area contributed by atoms with Crippen molar-refractivity contribution < 1.29 is 28.7 Å². The van der Waals surface area contributed by atoms with E-state index in [1.54, 1.807) is 20.4 Å². The number of urea groups is 1. The second kappa shape index (κ2) is 20.3. The smallest absolute Gasteiger partial charge is 0.324 e. The predicted molar refractivity (Wildman–Crippen MR) is 254 cm³/mol. The van der Waals surface area contributed by atoms with E-state index in [2.05, 4.69) is 65.2 Å². The number of nitrogens with zero attached hydrogens (tertiary/aromatic N) is 7. The molecule has 2 N–H and O–H groups in total. The highest BCUT2D eigenvalue weighted by Crippen LogP contribution is 2.42. The number of ether oxygens (including phenoxy) is 2. The van der Waals surface area contributed by atoms with E-state index in [1.807, 2.05) is 51.2 Å². The summed E-state index contributed by atoms with van der Waals surface area (Å²) in [5.41, 5.74) is 9.42. The normalized spacial score (nSPS) is 21.8. The highest BCUT2D eigenvalue weighted by Gasteiger charge is 2.39. The van der Waals surface area contributed by atoms with Crippen molar-refractivity contribution in [3.63, 3.8) is 0 Å². The van der Waals surface area contributed by atoms with Gasteiger partial charge in [0.2, 0.25) is 5.91 Å². The fourth-order valence-corrected chi connectivity index (χ4v) is 10.7. The summed E-state index contributed by atoms with van der Waals surface area (Å²) >= 11 is 1.44. The molecule has 7 rings (SSSR count). The molecule has 3 aliphatic rings. The number of carbonyl (C=O) groups excluding carboxylic acids is 4. The van der Waals surface area contributed by atoms with Crippen molar-refractivity contribution in [1.29, 1.82) is 0 Å². The van der Waals surface area contributed by atoms with E-state index in [4.69, 9.17) is 19.4 Å². The quantitative estimate of drug-likeness (QED) is 0.174. The number of rotatable bonds is 9. The van der Waals surface area contributed by atoms with Crippen LogP contribution in [-0.2, 0) is 43.2 Å². The number of hydrogen-bond donors (Lipinski definition) is 2. The number of carbonyl (C=O) groups is 4. The molecule has 2 saturated heterocycles. The van der Waals surface area contributed by atoms with E-state index < -0.39 is 35.4 Å². The van der Waals surface area contributed by atoms with Crippen LogP contribution in [0.25, 0.3) is 33.4 Å². The maximum atomic E-state index is 14.7. The maximum absolute atomic E-state index is 14.7. The van der Waals surface area contributed by atoms with Crippen molar-refractivity contribution in [2.24, 2.45) is 11.3 Å². The molecule has 3 aliphatic heterocycles. The minimum absolute atomic E-state index is 0.112. The Labute approximate surface area is 388 Å². The zero-order chi connectivity index (χ0) is 46.7. The number of pyridine rings is 1. The third-order valence-corrected chi connectivity index (χ3v) is 14.3. The van der Waals surface area contributed by atoms with Gasteiger partial charge in [-0.25, -0.2) is 15.2 Å². The van der Waals surface area contributed by atoms with Crippen LogP contribution in [0.2, 0.25) is 0 Å². The number of aromatic nitrogens is 3. The van der Waals surface area contributed by atoms with Gasteiger partial charge >= 0.3 is 12.0 Å². The Kier molecular flexibility index (Phi) is 15.0. The van der Waals surface area contributed by atoms with E-state index >= 15 is 0 Å². The lowest BCUT2D eigenvalue weighted by atomic mass is 9.84. The third-order valence-electron chi connectivity index (χ3n) is 13.4. The number of likely N-dealkylation sites (N-methyl/N-ethyl adjacent to an activating group) is 2. The zero-order valence-corrected chi connectivity index (χ0v) is 40.8. The maximum Gasteiger partial charge on any atom is 0.324 e. The molecule has 0 radical (unpaired) electrons. The van der Waals surface area contributed by atoms with Gasteiger partial charge in [0, 0.05) is 91.8 Å². The molecule has 5 atom stereocenters. The molecule has 4 amide bonds. The first kappa shape index (κ1) is 48.0. The molecule has 3 aromatic heterocycles. The van der Waals surface area contributed by atoms with Crippen molar-refractivity contribution in [1.82, 2.24) is 45.0 Å². The SMILES string of the molecule is CCn1c(-c2cccnc2[C@H](C)OC)c2c3cc(ccc31)-c1csc(n1)C[C@H](NC(=O)C(C(C)C)N(C)C(=O)N1CCCC[C@H](N(C)C)C1)C(=O)N1CCC[C@H](N1)C(=O)OCC(C)(C)C2. The number of hydrazine groups is 1. The molecule has 65 heavy (non-hydrogen) atoms. The van der Waals surface area contributed by atoms with Gasteiger partial charge in [0.05, 0.1) is 34.8 Å². The fourth-order valence-electron chi connectivity index (χ4n) is 9.80. The lowest BCUT2D eigenvalue weighted by Crippen LogP contribution is -2.62. The average Bonchev–Trinajstić information content (AvgIpc) is 3.78. The lowest BCUT2D eigenvalue weighted by Gasteiger charge is -2.38. The van der Waals surface area contributed by atoms with Crippen LogP contribution < -0.4 is 10.7 Å². The molecule has 15 nitrogen and oxygen atoms in total. The fraction of sp³-hybridized carbons (Fsp3) is 0.592. The molecule has 1 unspecified atom stereocenters. The number of likely N-dealkylation sites (tertiary alicyclic amines) is 1. The van der Waals surface area contributed by atoms with Gasteiger partial charge in [0.1, 0.15) is 18.1 Å². The number of aryl methyl sites for hydroxylation is 1. The first-order valence-corrected chi connectivity index (χ1v) is 24.2. The Balaban J connectivity index is 1.27. The highest BCUT2D eigenvalue weighted by atomic mass is 32.1. The third kappa shape index (κ3) is 10.4. The highest BCUT2D eigenvalue weighted by molar-refractivity contribution is 7.10. The molecule has 6 heterocycles. The summed E-state index contributed by atoms with van der Waals surface area (Å²) in [5.74, 6) is -1.50. The van der Waals surface area contributed by atoms with E-state index in [0.29, 0.717) is 50.4 Å². The molecule has 6 bridgehead atoms. The zero-order valence-electron chi connectivity index (χ0n) is 40.0. The number of cyclic esters (lactones) is 1. The Morgan fingerprint density at radius 1 is 1.08 bits per heavy atom. The van der Waals surface area contributed by atoms with Crippen LogP contribution in [0.15, 0.2) is 41.9 Å². The molecule has 1 aromatic carbocycles. The van der Waals surface area contributed by atoms with Gasteiger partial charge in [-0.1, -0.05) is 40.2 Å². The Morgan fingerprint density at radius 3 is 2.58 bits per heavy atom. The van der Waals surface area contributed by atoms with Gasteiger partial charge in [-0.3, -0.25) is 24.4 Å².